The van der Waals surface area contributed by atoms with Gasteiger partial charge in [-0.05, 0) is 24.6 Å². The first-order chi connectivity index (χ1) is 10.5. The molecule has 2 aromatic rings. The van der Waals surface area contributed by atoms with Crippen molar-refractivity contribution in [1.82, 2.24) is 4.98 Å². The summed E-state index contributed by atoms with van der Waals surface area (Å²) in [4.78, 5) is 8.23. The number of ether oxygens (including phenoxy) is 1. The highest BCUT2D eigenvalue weighted by Crippen LogP contribution is 2.20. The molecule has 0 saturated heterocycles. The number of nitrogens with zero attached hydrogens (tertiary/aromatic N) is 2. The number of benzene rings is 1. The van der Waals surface area contributed by atoms with Crippen molar-refractivity contribution >= 4 is 11.8 Å². The number of aryl methyl sites for hydroxylation is 1. The van der Waals surface area contributed by atoms with E-state index in [0.717, 1.165) is 5.56 Å². The Labute approximate surface area is 126 Å². The van der Waals surface area contributed by atoms with Gasteiger partial charge in [0.15, 0.2) is 5.96 Å². The van der Waals surface area contributed by atoms with E-state index in [1.807, 2.05) is 13.0 Å². The van der Waals surface area contributed by atoms with Gasteiger partial charge < -0.3 is 15.8 Å². The number of guanidine groups is 1. The largest absolute Gasteiger partial charge is 0.434 e. The minimum absolute atomic E-state index is 0.0857. The summed E-state index contributed by atoms with van der Waals surface area (Å²) in [7, 11) is 0. The molecule has 2 rings (SSSR count). The lowest BCUT2D eigenvalue weighted by Gasteiger charge is -2.09. The van der Waals surface area contributed by atoms with Crippen molar-refractivity contribution in [3.8, 4) is 5.75 Å². The van der Waals surface area contributed by atoms with Gasteiger partial charge in [-0.2, -0.15) is 8.78 Å². The third-order valence-corrected chi connectivity index (χ3v) is 2.78. The molecule has 1 heterocycles. The molecule has 0 aliphatic rings. The number of para-hydroxylation sites is 1. The number of hydrogen-bond acceptors (Lipinski definition) is 3. The van der Waals surface area contributed by atoms with Gasteiger partial charge in [-0.1, -0.05) is 24.3 Å². The molecule has 0 spiro atoms. The maximum atomic E-state index is 12.3. The molecule has 0 aliphatic heterocycles. The minimum atomic E-state index is -2.88. The van der Waals surface area contributed by atoms with Gasteiger partial charge in [-0.3, -0.25) is 0 Å². The Hall–Kier alpha value is -2.70. The number of halogens is 2. The lowest BCUT2D eigenvalue weighted by Crippen LogP contribution is -2.23. The average molecular weight is 306 g/mol. The predicted octanol–water partition coefficient (Wildman–Crippen LogP) is 2.92. The van der Waals surface area contributed by atoms with E-state index >= 15 is 0 Å². The normalized spacial score (nSPS) is 11.5. The first kappa shape index (κ1) is 15.7. The summed E-state index contributed by atoms with van der Waals surface area (Å²) in [5.41, 5.74) is 7.30. The molecule has 0 amide bonds. The number of pyridine rings is 1. The highest BCUT2D eigenvalue weighted by molar-refractivity contribution is 5.91. The molecule has 1 aromatic heterocycles. The second-order valence-electron chi connectivity index (χ2n) is 4.53. The summed E-state index contributed by atoms with van der Waals surface area (Å²) in [5, 5.41) is 2.83. The molecule has 0 unspecified atom stereocenters. The fourth-order valence-electron chi connectivity index (χ4n) is 1.73. The lowest BCUT2D eigenvalue weighted by molar-refractivity contribution is -0.0504. The van der Waals surface area contributed by atoms with Crippen LogP contribution in [0.3, 0.4) is 0 Å². The fraction of sp³-hybridized carbons (Fsp3) is 0.200. The molecule has 0 aliphatic carbocycles. The average Bonchev–Trinajstić information content (AvgIpc) is 2.48. The molecule has 0 atom stereocenters. The number of hydrogen-bond donors (Lipinski definition) is 2. The first-order valence-electron chi connectivity index (χ1n) is 6.57. The van der Waals surface area contributed by atoms with Crippen LogP contribution in [-0.2, 0) is 6.54 Å². The maximum absolute atomic E-state index is 12.3. The molecule has 1 aromatic carbocycles. The van der Waals surface area contributed by atoms with Crippen molar-refractivity contribution in [1.29, 1.82) is 0 Å². The van der Waals surface area contributed by atoms with Crippen molar-refractivity contribution in [2.75, 3.05) is 5.32 Å². The molecule has 0 fully saturated rings. The van der Waals surface area contributed by atoms with Gasteiger partial charge in [0.05, 0.1) is 6.54 Å². The van der Waals surface area contributed by atoms with Gasteiger partial charge in [0, 0.05) is 11.8 Å². The van der Waals surface area contributed by atoms with Crippen LogP contribution < -0.4 is 15.8 Å². The summed E-state index contributed by atoms with van der Waals surface area (Å²) >= 11 is 0. The van der Waals surface area contributed by atoms with Gasteiger partial charge in [-0.15, -0.1) is 0 Å². The summed E-state index contributed by atoms with van der Waals surface area (Å²) < 4.78 is 29.1. The Kier molecular flexibility index (Phi) is 5.24. The van der Waals surface area contributed by atoms with Crippen molar-refractivity contribution in [2.45, 2.75) is 20.1 Å². The number of nitrogens with two attached hydrogens (primary N) is 1. The van der Waals surface area contributed by atoms with Crippen LogP contribution >= 0.6 is 0 Å². The minimum Gasteiger partial charge on any atom is -0.434 e. The van der Waals surface area contributed by atoms with Crippen LogP contribution in [0.5, 0.6) is 5.75 Å². The lowest BCUT2D eigenvalue weighted by atomic mass is 10.2. The van der Waals surface area contributed by atoms with Crippen molar-refractivity contribution in [3.05, 3.63) is 53.7 Å². The first-order valence-corrected chi connectivity index (χ1v) is 6.57. The van der Waals surface area contributed by atoms with Gasteiger partial charge in [-0.25, -0.2) is 9.98 Å². The van der Waals surface area contributed by atoms with Gasteiger partial charge >= 0.3 is 6.61 Å². The molecule has 116 valence electrons. The van der Waals surface area contributed by atoms with Crippen molar-refractivity contribution < 1.29 is 13.5 Å². The van der Waals surface area contributed by atoms with E-state index in [2.05, 4.69) is 20.0 Å². The second kappa shape index (κ2) is 7.35. The number of aliphatic imine (C=N–C) groups is 1. The third kappa shape index (κ3) is 4.69. The van der Waals surface area contributed by atoms with E-state index < -0.39 is 6.61 Å². The zero-order valence-electron chi connectivity index (χ0n) is 12.0. The molecule has 0 bridgehead atoms. The number of alkyl halides is 2. The van der Waals surface area contributed by atoms with E-state index in [1.54, 1.807) is 30.5 Å². The highest BCUT2D eigenvalue weighted by atomic mass is 19.3. The smallest absolute Gasteiger partial charge is 0.387 e. The third-order valence-electron chi connectivity index (χ3n) is 2.78. The van der Waals surface area contributed by atoms with E-state index in [9.17, 15) is 8.78 Å². The summed E-state index contributed by atoms with van der Waals surface area (Å²) in [6.45, 7) is -0.834. The molecular weight excluding hydrogens is 290 g/mol. The molecular formula is C15H16F2N4O. The number of anilines is 1. The van der Waals surface area contributed by atoms with Crippen LogP contribution in [0.2, 0.25) is 0 Å². The van der Waals surface area contributed by atoms with E-state index in [-0.39, 0.29) is 18.3 Å². The van der Waals surface area contributed by atoms with Crippen LogP contribution in [0.15, 0.2) is 47.6 Å². The monoisotopic (exact) mass is 306 g/mol. The topological polar surface area (TPSA) is 72.5 Å². The zero-order valence-corrected chi connectivity index (χ0v) is 12.0. The van der Waals surface area contributed by atoms with Crippen LogP contribution in [0.25, 0.3) is 0 Å². The van der Waals surface area contributed by atoms with Gasteiger partial charge in [0.2, 0.25) is 0 Å². The standard InChI is InChI=1S/C15H16F2N4O/c1-10-6-7-13(19-8-10)21-15(18)20-9-11-4-2-3-5-12(11)22-14(16)17/h2-8,14H,9H2,1H3,(H3,18,19,20,21). The van der Waals surface area contributed by atoms with E-state index in [0.29, 0.717) is 11.4 Å². The summed E-state index contributed by atoms with van der Waals surface area (Å²) in [6, 6.07) is 10.1. The SMILES string of the molecule is Cc1ccc(NC(N)=NCc2ccccc2OC(F)F)nc1. The van der Waals surface area contributed by atoms with Crippen LogP contribution in [0.1, 0.15) is 11.1 Å². The quantitative estimate of drug-likeness (QED) is 0.658. The predicted molar refractivity (Wildman–Crippen MR) is 81.0 cm³/mol. The second-order valence-corrected chi connectivity index (χ2v) is 4.53. The Balaban J connectivity index is 2.03. The fourth-order valence-corrected chi connectivity index (χ4v) is 1.73. The zero-order chi connectivity index (χ0) is 15.9. The molecule has 0 saturated carbocycles. The Bertz CT molecular complexity index is 644. The number of rotatable bonds is 5. The summed E-state index contributed by atoms with van der Waals surface area (Å²) in [5.74, 6) is 0.787. The molecule has 0 radical (unpaired) electrons. The Morgan fingerprint density at radius 1 is 1.32 bits per heavy atom. The highest BCUT2D eigenvalue weighted by Gasteiger charge is 2.08. The maximum Gasteiger partial charge on any atom is 0.387 e. The van der Waals surface area contributed by atoms with E-state index in [1.165, 1.54) is 6.07 Å². The van der Waals surface area contributed by atoms with Gasteiger partial charge in [0.25, 0.3) is 0 Å². The molecule has 7 heteroatoms. The summed E-state index contributed by atoms with van der Waals surface area (Å²) in [6.07, 6.45) is 1.70. The van der Waals surface area contributed by atoms with Crippen LogP contribution in [-0.4, -0.2) is 17.6 Å². The Morgan fingerprint density at radius 2 is 2.09 bits per heavy atom. The van der Waals surface area contributed by atoms with E-state index in [4.69, 9.17) is 5.73 Å². The van der Waals surface area contributed by atoms with Crippen LogP contribution in [0, 0.1) is 6.92 Å². The van der Waals surface area contributed by atoms with Crippen LogP contribution in [0.4, 0.5) is 14.6 Å². The van der Waals surface area contributed by atoms with Gasteiger partial charge in [0.1, 0.15) is 11.6 Å². The number of nitrogens with one attached hydrogen (secondary N) is 1. The molecule has 3 N–H and O–H groups in total. The molecule has 22 heavy (non-hydrogen) atoms. The number of aromatic nitrogens is 1. The Morgan fingerprint density at radius 3 is 2.77 bits per heavy atom. The van der Waals surface area contributed by atoms with Crippen molar-refractivity contribution in [3.63, 3.8) is 0 Å². The van der Waals surface area contributed by atoms with Crippen molar-refractivity contribution in [2.24, 2.45) is 10.7 Å². The molecule has 5 nitrogen and oxygen atoms in total.